The summed E-state index contributed by atoms with van der Waals surface area (Å²) in [6.07, 6.45) is 5.72. The molecule has 0 saturated heterocycles. The molecule has 0 radical (unpaired) electrons. The van der Waals surface area contributed by atoms with Crippen LogP contribution in [0.5, 0.6) is 0 Å². The Bertz CT molecular complexity index is 356. The average Bonchev–Trinajstić information content (AvgIpc) is 2.81. The molecule has 2 rings (SSSR count). The van der Waals surface area contributed by atoms with E-state index in [1.807, 2.05) is 0 Å². The molecule has 0 aromatic heterocycles. The fourth-order valence-corrected chi connectivity index (χ4v) is 3.62. The average molecular weight is 292 g/mol. The summed E-state index contributed by atoms with van der Waals surface area (Å²) in [5.41, 5.74) is 2.95. The normalized spacial score (nSPS) is 16.9. The quantitative estimate of drug-likeness (QED) is 0.787. The van der Waals surface area contributed by atoms with Gasteiger partial charge in [-0.25, -0.2) is 0 Å². The first-order chi connectivity index (χ1) is 7.68. The van der Waals surface area contributed by atoms with Crippen molar-refractivity contribution < 1.29 is 24.2 Å². The summed E-state index contributed by atoms with van der Waals surface area (Å²) in [4.78, 5) is 0. The monoisotopic (exact) mass is 290 g/mol. The van der Waals surface area contributed by atoms with Gasteiger partial charge in [-0.3, -0.25) is 0 Å². The van der Waals surface area contributed by atoms with Crippen molar-refractivity contribution in [3.05, 3.63) is 35.4 Å². The van der Waals surface area contributed by atoms with Gasteiger partial charge in [0.1, 0.15) is 0 Å². The zero-order valence-electron chi connectivity index (χ0n) is 10.3. The summed E-state index contributed by atoms with van der Waals surface area (Å²) in [6.45, 7) is 4.52. The molecule has 0 aliphatic heterocycles. The fraction of sp³-hybridized carbons (Fsp3) is 0.533. The van der Waals surface area contributed by atoms with E-state index in [0.717, 1.165) is 5.92 Å². The molecule has 1 fully saturated rings. The van der Waals surface area contributed by atoms with Crippen LogP contribution in [-0.4, -0.2) is 3.21 Å². The molecule has 0 N–H and O–H groups in total. The number of hydrogen-bond donors (Lipinski definition) is 0. The minimum absolute atomic E-state index is 0.647. The van der Waals surface area contributed by atoms with Gasteiger partial charge < -0.3 is 0 Å². The Balaban J connectivity index is 2.11. The van der Waals surface area contributed by atoms with Crippen molar-refractivity contribution in [2.24, 2.45) is 5.92 Å². The molecule has 1 aromatic rings. The third kappa shape index (κ3) is 2.80. The van der Waals surface area contributed by atoms with Gasteiger partial charge in [0.05, 0.1) is 0 Å². The van der Waals surface area contributed by atoms with Crippen molar-refractivity contribution in [1.82, 2.24) is 0 Å². The van der Waals surface area contributed by atoms with Crippen molar-refractivity contribution in [1.29, 1.82) is 0 Å². The Morgan fingerprint density at radius 2 is 1.69 bits per heavy atom. The third-order valence-corrected chi connectivity index (χ3v) is 5.36. The predicted octanol–water partition coefficient (Wildman–Crippen LogP) is 4.07. The van der Waals surface area contributed by atoms with Crippen LogP contribution in [0.1, 0.15) is 56.6 Å². The molecular formula is C15H20Zr. The summed E-state index contributed by atoms with van der Waals surface area (Å²) in [6, 6.07) is 9.27. The van der Waals surface area contributed by atoms with E-state index >= 15 is 0 Å². The first-order valence-electron chi connectivity index (χ1n) is 6.37. The van der Waals surface area contributed by atoms with Crippen LogP contribution in [0.3, 0.4) is 0 Å². The molecule has 0 nitrogen and oxygen atoms in total. The topological polar surface area (TPSA) is 0 Å². The van der Waals surface area contributed by atoms with Gasteiger partial charge in [-0.05, 0) is 0 Å². The zero-order chi connectivity index (χ0) is 11.5. The second-order valence-electron chi connectivity index (χ2n) is 5.17. The molecular weight excluding hydrogens is 271 g/mol. The van der Waals surface area contributed by atoms with Gasteiger partial charge in [-0.1, -0.05) is 0 Å². The number of benzene rings is 1. The van der Waals surface area contributed by atoms with Crippen LogP contribution in [0.2, 0.25) is 0 Å². The van der Waals surface area contributed by atoms with Crippen molar-refractivity contribution in [3.63, 3.8) is 0 Å². The van der Waals surface area contributed by atoms with E-state index in [4.69, 9.17) is 0 Å². The molecule has 1 aliphatic rings. The Hall–Kier alpha value is -0.0269. The van der Waals surface area contributed by atoms with Crippen molar-refractivity contribution in [3.8, 4) is 0 Å². The first-order valence-corrected chi connectivity index (χ1v) is 7.60. The van der Waals surface area contributed by atoms with E-state index in [9.17, 15) is 0 Å². The Morgan fingerprint density at radius 1 is 1.12 bits per heavy atom. The molecule has 0 bridgehead atoms. The summed E-state index contributed by atoms with van der Waals surface area (Å²) >= 11 is 1.61. The molecule has 1 aliphatic carbocycles. The molecule has 84 valence electrons. The third-order valence-electron chi connectivity index (χ3n) is 3.65. The van der Waals surface area contributed by atoms with Gasteiger partial charge in [0.25, 0.3) is 0 Å². The van der Waals surface area contributed by atoms with Gasteiger partial charge in [-0.2, -0.15) is 0 Å². The molecule has 0 amide bonds. The molecule has 1 saturated carbocycles. The molecule has 16 heavy (non-hydrogen) atoms. The van der Waals surface area contributed by atoms with Gasteiger partial charge in [0, 0.05) is 0 Å². The molecule has 0 atom stereocenters. The summed E-state index contributed by atoms with van der Waals surface area (Å²) < 4.78 is 1.69. The predicted molar refractivity (Wildman–Crippen MR) is 66.6 cm³/mol. The van der Waals surface area contributed by atoms with E-state index < -0.39 is 0 Å². The summed E-state index contributed by atoms with van der Waals surface area (Å²) in [5.74, 6) is 1.54. The standard InChI is InChI=1S/C15H20.Zr/c1-12(2)15-9-7-14(8-10-15)11-13-5-3-4-6-13;/h7-10,12-13H,3-6H2,1-2H3;. The molecule has 1 heteroatoms. The fourth-order valence-electron chi connectivity index (χ4n) is 2.50. The molecule has 0 unspecified atom stereocenters. The maximum absolute atomic E-state index is 2.33. The van der Waals surface area contributed by atoms with E-state index in [0.29, 0.717) is 5.92 Å². The van der Waals surface area contributed by atoms with Crippen molar-refractivity contribution >= 4 is 3.21 Å². The van der Waals surface area contributed by atoms with Gasteiger partial charge in [-0.15, -0.1) is 0 Å². The Morgan fingerprint density at radius 3 is 2.19 bits per heavy atom. The van der Waals surface area contributed by atoms with Gasteiger partial charge in [0.2, 0.25) is 0 Å². The number of rotatable bonds is 3. The van der Waals surface area contributed by atoms with E-state index in [-0.39, 0.29) is 0 Å². The van der Waals surface area contributed by atoms with E-state index in [1.165, 1.54) is 36.8 Å². The first kappa shape index (κ1) is 12.4. The number of hydrogen-bond acceptors (Lipinski definition) is 0. The van der Waals surface area contributed by atoms with Crippen LogP contribution in [0.15, 0.2) is 24.3 Å². The van der Waals surface area contributed by atoms with Crippen LogP contribution >= 0.6 is 0 Å². The summed E-state index contributed by atoms with van der Waals surface area (Å²) in [5, 5.41) is 0. The molecule has 1 aromatic carbocycles. The summed E-state index contributed by atoms with van der Waals surface area (Å²) in [7, 11) is 0. The zero-order valence-corrected chi connectivity index (χ0v) is 12.8. The van der Waals surface area contributed by atoms with E-state index in [1.54, 1.807) is 27.4 Å². The van der Waals surface area contributed by atoms with Crippen LogP contribution in [0.25, 0.3) is 0 Å². The second kappa shape index (κ2) is 5.54. The SMILES string of the molecule is CC(C)c1ccc([C](=[Zr])C2CCCC2)cc1. The van der Waals surface area contributed by atoms with Crippen molar-refractivity contribution in [2.45, 2.75) is 45.4 Å². The van der Waals surface area contributed by atoms with Crippen LogP contribution in [0.4, 0.5) is 0 Å². The van der Waals surface area contributed by atoms with Crippen LogP contribution in [-0.2, 0) is 24.2 Å². The second-order valence-corrected chi connectivity index (χ2v) is 6.50. The minimum atomic E-state index is 0.647. The van der Waals surface area contributed by atoms with Crippen molar-refractivity contribution in [2.75, 3.05) is 0 Å². The van der Waals surface area contributed by atoms with Crippen LogP contribution < -0.4 is 0 Å². The van der Waals surface area contributed by atoms with Gasteiger partial charge in [0.15, 0.2) is 0 Å². The van der Waals surface area contributed by atoms with Crippen LogP contribution in [0, 0.1) is 5.92 Å². The Kier molecular flexibility index (Phi) is 4.30. The van der Waals surface area contributed by atoms with Gasteiger partial charge >= 0.3 is 114 Å². The Labute approximate surface area is 114 Å². The molecule has 0 heterocycles. The maximum atomic E-state index is 2.33. The van der Waals surface area contributed by atoms with E-state index in [2.05, 4.69) is 38.1 Å². The molecule has 0 spiro atoms.